The Hall–Kier alpha value is -2.56. The maximum Gasteiger partial charge on any atom is 0.335 e. The maximum atomic E-state index is 11.0. The third kappa shape index (κ3) is 3.31. The highest BCUT2D eigenvalue weighted by Gasteiger charge is 2.14. The zero-order valence-electron chi connectivity index (χ0n) is 12.0. The van der Waals surface area contributed by atoms with Crippen LogP contribution in [0.3, 0.4) is 0 Å². The quantitative estimate of drug-likeness (QED) is 0.830. The van der Waals surface area contributed by atoms with Crippen LogP contribution >= 0.6 is 0 Å². The maximum absolute atomic E-state index is 11.0. The Kier molecular flexibility index (Phi) is 4.42. The minimum absolute atomic E-state index is 0.0829. The zero-order chi connectivity index (χ0) is 15.4. The number of carbonyl (C=O) groups is 1. The molecular weight excluding hydrogens is 270 g/mol. The Labute approximate surface area is 122 Å². The summed E-state index contributed by atoms with van der Waals surface area (Å²) in [5, 5.41) is 19.0. The first-order valence-electron chi connectivity index (χ1n) is 6.57. The van der Waals surface area contributed by atoms with Crippen LogP contribution in [0.2, 0.25) is 0 Å². The Morgan fingerprint density at radius 2 is 2.19 bits per heavy atom. The van der Waals surface area contributed by atoms with E-state index in [1.807, 2.05) is 13.0 Å². The van der Waals surface area contributed by atoms with Crippen molar-refractivity contribution in [2.75, 3.05) is 7.11 Å². The van der Waals surface area contributed by atoms with E-state index in [0.717, 1.165) is 12.0 Å². The number of aromatic carboxylic acids is 1. The van der Waals surface area contributed by atoms with Crippen molar-refractivity contribution >= 4 is 17.9 Å². The summed E-state index contributed by atoms with van der Waals surface area (Å²) >= 11 is 0. The number of carboxylic acid groups (broad SMARTS) is 1. The molecule has 0 saturated carbocycles. The molecule has 0 spiro atoms. The number of aliphatic hydroxyl groups is 1. The molecule has 5 heteroatoms. The van der Waals surface area contributed by atoms with Crippen molar-refractivity contribution in [2.45, 2.75) is 19.8 Å². The minimum Gasteiger partial charge on any atom is -0.504 e. The summed E-state index contributed by atoms with van der Waals surface area (Å²) in [6, 6.07) is 4.76. The van der Waals surface area contributed by atoms with Gasteiger partial charge in [-0.15, -0.1) is 0 Å². The SMILES string of the molecule is COC1=C(O)C(/C=N/c2cc(C(=O)O)ccc2C)=CCC1. The first-order valence-corrected chi connectivity index (χ1v) is 6.57. The number of aliphatic hydroxyl groups excluding tert-OH is 1. The van der Waals surface area contributed by atoms with Gasteiger partial charge in [-0.05, 0) is 31.0 Å². The monoisotopic (exact) mass is 287 g/mol. The van der Waals surface area contributed by atoms with E-state index in [1.165, 1.54) is 25.5 Å². The van der Waals surface area contributed by atoms with E-state index in [2.05, 4.69) is 4.99 Å². The van der Waals surface area contributed by atoms with Gasteiger partial charge in [-0.3, -0.25) is 4.99 Å². The fraction of sp³-hybridized carbons (Fsp3) is 0.250. The van der Waals surface area contributed by atoms with Crippen LogP contribution < -0.4 is 0 Å². The highest BCUT2D eigenvalue weighted by Crippen LogP contribution is 2.25. The topological polar surface area (TPSA) is 79.1 Å². The molecule has 5 nitrogen and oxygen atoms in total. The molecule has 1 aliphatic carbocycles. The number of aliphatic imine (C=N–C) groups is 1. The van der Waals surface area contributed by atoms with Crippen LogP contribution in [0.15, 0.2) is 46.4 Å². The molecule has 2 N–H and O–H groups in total. The molecule has 1 aromatic rings. The molecule has 2 rings (SSSR count). The van der Waals surface area contributed by atoms with Crippen LogP contribution in [0, 0.1) is 6.92 Å². The lowest BCUT2D eigenvalue weighted by molar-refractivity contribution is 0.0697. The van der Waals surface area contributed by atoms with E-state index < -0.39 is 5.97 Å². The van der Waals surface area contributed by atoms with E-state index in [1.54, 1.807) is 6.07 Å². The minimum atomic E-state index is -0.993. The highest BCUT2D eigenvalue weighted by molar-refractivity contribution is 5.90. The van der Waals surface area contributed by atoms with Gasteiger partial charge < -0.3 is 14.9 Å². The summed E-state index contributed by atoms with van der Waals surface area (Å²) in [5.41, 5.74) is 2.19. The number of hydrogen-bond donors (Lipinski definition) is 2. The van der Waals surface area contributed by atoms with Gasteiger partial charge in [-0.2, -0.15) is 0 Å². The molecule has 0 bridgehead atoms. The number of benzene rings is 1. The Balaban J connectivity index is 2.30. The van der Waals surface area contributed by atoms with Crippen LogP contribution in [0.1, 0.15) is 28.8 Å². The van der Waals surface area contributed by atoms with E-state index in [-0.39, 0.29) is 11.3 Å². The Bertz CT molecular complexity index is 656. The molecule has 0 heterocycles. The van der Waals surface area contributed by atoms with Gasteiger partial charge >= 0.3 is 5.97 Å². The van der Waals surface area contributed by atoms with Gasteiger partial charge in [0.05, 0.1) is 18.4 Å². The normalized spacial score (nSPS) is 15.2. The van der Waals surface area contributed by atoms with Crippen LogP contribution in [-0.2, 0) is 4.74 Å². The summed E-state index contributed by atoms with van der Waals surface area (Å²) in [4.78, 5) is 15.3. The molecule has 21 heavy (non-hydrogen) atoms. The molecule has 1 aromatic carbocycles. The number of methoxy groups -OCH3 is 1. The van der Waals surface area contributed by atoms with Crippen LogP contribution in [0.5, 0.6) is 0 Å². The van der Waals surface area contributed by atoms with Crippen molar-refractivity contribution in [3.8, 4) is 0 Å². The van der Waals surface area contributed by atoms with E-state index in [9.17, 15) is 9.90 Å². The van der Waals surface area contributed by atoms with E-state index in [4.69, 9.17) is 9.84 Å². The molecule has 0 fully saturated rings. The standard InChI is InChI=1S/C16H17NO4/c1-10-6-7-11(16(19)20)8-13(10)17-9-12-4-3-5-14(21-2)15(12)18/h4,6-9,18H,3,5H2,1-2H3,(H,19,20)/b17-9+. The van der Waals surface area contributed by atoms with E-state index >= 15 is 0 Å². The van der Waals surface area contributed by atoms with Crippen molar-refractivity contribution < 1.29 is 19.7 Å². The van der Waals surface area contributed by atoms with Gasteiger partial charge in [0.15, 0.2) is 5.76 Å². The second-order valence-electron chi connectivity index (χ2n) is 4.74. The highest BCUT2D eigenvalue weighted by atomic mass is 16.5. The first-order chi connectivity index (χ1) is 10.0. The van der Waals surface area contributed by atoms with Gasteiger partial charge in [0.25, 0.3) is 0 Å². The third-order valence-electron chi connectivity index (χ3n) is 3.32. The van der Waals surface area contributed by atoms with Gasteiger partial charge in [-0.25, -0.2) is 4.79 Å². The Morgan fingerprint density at radius 3 is 2.86 bits per heavy atom. The summed E-state index contributed by atoms with van der Waals surface area (Å²) in [6.45, 7) is 1.85. The van der Waals surface area contributed by atoms with Crippen molar-refractivity contribution in [1.29, 1.82) is 0 Å². The third-order valence-corrected chi connectivity index (χ3v) is 3.32. The summed E-state index contributed by atoms with van der Waals surface area (Å²) in [7, 11) is 1.52. The van der Waals surface area contributed by atoms with Crippen molar-refractivity contribution in [3.05, 3.63) is 52.5 Å². The second-order valence-corrected chi connectivity index (χ2v) is 4.74. The molecule has 0 radical (unpaired) electrons. The lowest BCUT2D eigenvalue weighted by Crippen LogP contribution is -2.03. The molecule has 0 aromatic heterocycles. The van der Waals surface area contributed by atoms with E-state index in [0.29, 0.717) is 23.4 Å². The molecule has 0 unspecified atom stereocenters. The fourth-order valence-electron chi connectivity index (χ4n) is 2.07. The van der Waals surface area contributed by atoms with Crippen LogP contribution in [0.4, 0.5) is 5.69 Å². The fourth-order valence-corrected chi connectivity index (χ4v) is 2.07. The number of carboxylic acids is 1. The number of hydrogen-bond acceptors (Lipinski definition) is 4. The number of aryl methyl sites for hydroxylation is 1. The van der Waals surface area contributed by atoms with Gasteiger partial charge in [-0.1, -0.05) is 12.1 Å². The van der Waals surface area contributed by atoms with Gasteiger partial charge in [0.1, 0.15) is 5.76 Å². The first kappa shape index (κ1) is 14.8. The molecule has 1 aliphatic rings. The van der Waals surface area contributed by atoms with Gasteiger partial charge in [0, 0.05) is 18.2 Å². The average molecular weight is 287 g/mol. The van der Waals surface area contributed by atoms with Crippen molar-refractivity contribution in [1.82, 2.24) is 0 Å². The number of allylic oxidation sites excluding steroid dienone is 3. The van der Waals surface area contributed by atoms with Crippen LogP contribution in [0.25, 0.3) is 0 Å². The molecule has 0 aliphatic heterocycles. The van der Waals surface area contributed by atoms with Crippen molar-refractivity contribution in [3.63, 3.8) is 0 Å². The second kappa shape index (κ2) is 6.26. The molecule has 0 saturated heterocycles. The summed E-state index contributed by atoms with van der Waals surface area (Å²) < 4.78 is 5.11. The Morgan fingerprint density at radius 1 is 1.43 bits per heavy atom. The largest absolute Gasteiger partial charge is 0.504 e. The summed E-state index contributed by atoms with van der Waals surface area (Å²) in [6.07, 6.45) is 4.83. The number of rotatable bonds is 4. The lowest BCUT2D eigenvalue weighted by Gasteiger charge is -2.14. The smallest absolute Gasteiger partial charge is 0.335 e. The lowest BCUT2D eigenvalue weighted by atomic mass is 10.0. The predicted octanol–water partition coefficient (Wildman–Crippen LogP) is 3.53. The number of ether oxygens (including phenoxy) is 1. The molecular formula is C16H17NO4. The average Bonchev–Trinajstić information content (AvgIpc) is 2.47. The van der Waals surface area contributed by atoms with Crippen LogP contribution in [-0.4, -0.2) is 29.5 Å². The predicted molar refractivity (Wildman–Crippen MR) is 80.3 cm³/mol. The van der Waals surface area contributed by atoms with Gasteiger partial charge in [0.2, 0.25) is 0 Å². The summed E-state index contributed by atoms with van der Waals surface area (Å²) in [5.74, 6) is -0.373. The zero-order valence-corrected chi connectivity index (χ0v) is 12.0. The molecule has 110 valence electrons. The molecule has 0 amide bonds. The van der Waals surface area contributed by atoms with Crippen molar-refractivity contribution in [2.24, 2.45) is 4.99 Å². The molecule has 0 atom stereocenters. The number of nitrogens with zero attached hydrogens (tertiary/aromatic N) is 1.